The molecule has 8 heteroatoms. The summed E-state index contributed by atoms with van der Waals surface area (Å²) in [4.78, 5) is 9.11. The van der Waals surface area contributed by atoms with E-state index in [9.17, 15) is 0 Å². The number of nitrogens with one attached hydrogen (secondary N) is 1. The number of aromatic nitrogens is 4. The second-order valence-corrected chi connectivity index (χ2v) is 6.89. The van der Waals surface area contributed by atoms with Crippen molar-refractivity contribution in [2.45, 2.75) is 42.0 Å². The van der Waals surface area contributed by atoms with Crippen LogP contribution in [0.4, 0.5) is 5.82 Å². The lowest BCUT2D eigenvalue weighted by Crippen LogP contribution is -2.13. The average Bonchev–Trinajstić information content (AvgIpc) is 3.16. The molecule has 0 radical (unpaired) electrons. The molecule has 2 heterocycles. The molecule has 0 spiro atoms. The fourth-order valence-electron chi connectivity index (χ4n) is 1.68. The predicted molar refractivity (Wildman–Crippen MR) is 75.3 cm³/mol. The van der Waals surface area contributed by atoms with Gasteiger partial charge in [0.15, 0.2) is 4.34 Å². The maximum Gasteiger partial charge on any atom is 0.180 e. The third-order valence-electron chi connectivity index (χ3n) is 2.89. The Hall–Kier alpha value is -1.25. The topological polar surface area (TPSA) is 89.6 Å². The summed E-state index contributed by atoms with van der Waals surface area (Å²) in [5.74, 6) is 7.59. The summed E-state index contributed by atoms with van der Waals surface area (Å²) in [7, 11) is 0. The van der Waals surface area contributed by atoms with E-state index in [0.717, 1.165) is 38.6 Å². The highest BCUT2D eigenvalue weighted by molar-refractivity contribution is 8.01. The highest BCUT2D eigenvalue weighted by Crippen LogP contribution is 2.41. The van der Waals surface area contributed by atoms with Crippen LogP contribution in [0.3, 0.4) is 0 Å². The minimum Gasteiger partial charge on any atom is -0.308 e. The van der Waals surface area contributed by atoms with Gasteiger partial charge in [-0.15, -0.1) is 10.2 Å². The van der Waals surface area contributed by atoms with E-state index in [0.29, 0.717) is 11.7 Å². The van der Waals surface area contributed by atoms with E-state index < -0.39 is 0 Å². The molecule has 0 amide bonds. The van der Waals surface area contributed by atoms with E-state index >= 15 is 0 Å². The number of nitrogens with zero attached hydrogens (tertiary/aromatic N) is 4. The molecule has 0 aromatic carbocycles. The van der Waals surface area contributed by atoms with Crippen LogP contribution < -0.4 is 11.3 Å². The first-order chi connectivity index (χ1) is 9.17. The Morgan fingerprint density at radius 3 is 2.63 bits per heavy atom. The Kier molecular flexibility index (Phi) is 3.38. The molecule has 0 aliphatic heterocycles. The zero-order chi connectivity index (χ0) is 13.4. The molecule has 6 nitrogen and oxygen atoms in total. The quantitative estimate of drug-likeness (QED) is 0.508. The fourth-order valence-corrected chi connectivity index (χ4v) is 3.50. The summed E-state index contributed by atoms with van der Waals surface area (Å²) < 4.78 is 0.893. The summed E-state index contributed by atoms with van der Waals surface area (Å²) >= 11 is 3.09. The van der Waals surface area contributed by atoms with E-state index in [4.69, 9.17) is 5.84 Å². The van der Waals surface area contributed by atoms with Crippen molar-refractivity contribution in [3.8, 4) is 0 Å². The number of rotatable bonds is 4. The van der Waals surface area contributed by atoms with Crippen LogP contribution in [-0.4, -0.2) is 20.2 Å². The Morgan fingerprint density at radius 2 is 2.05 bits per heavy atom. The summed E-state index contributed by atoms with van der Waals surface area (Å²) in [6, 6.07) is 0. The summed E-state index contributed by atoms with van der Waals surface area (Å²) in [5, 5.41) is 9.99. The van der Waals surface area contributed by atoms with Crippen molar-refractivity contribution in [1.82, 2.24) is 20.2 Å². The Bertz CT molecular complexity index is 607. The van der Waals surface area contributed by atoms with Gasteiger partial charge < -0.3 is 5.43 Å². The van der Waals surface area contributed by atoms with Crippen molar-refractivity contribution < 1.29 is 0 Å². The smallest absolute Gasteiger partial charge is 0.180 e. The normalized spacial score (nSPS) is 14.7. The van der Waals surface area contributed by atoms with Crippen molar-refractivity contribution >= 4 is 28.9 Å². The van der Waals surface area contributed by atoms with Gasteiger partial charge in [0.2, 0.25) is 0 Å². The molecule has 3 rings (SSSR count). The molecule has 1 saturated carbocycles. The molecule has 1 fully saturated rings. The van der Waals surface area contributed by atoms with E-state index in [-0.39, 0.29) is 0 Å². The highest BCUT2D eigenvalue weighted by Gasteiger charge is 2.28. The van der Waals surface area contributed by atoms with Crippen LogP contribution in [0.5, 0.6) is 0 Å². The van der Waals surface area contributed by atoms with Crippen LogP contribution in [0.15, 0.2) is 9.37 Å². The van der Waals surface area contributed by atoms with E-state index in [1.807, 2.05) is 13.8 Å². The molecule has 19 heavy (non-hydrogen) atoms. The van der Waals surface area contributed by atoms with E-state index in [1.54, 1.807) is 11.3 Å². The molecule has 0 saturated heterocycles. The van der Waals surface area contributed by atoms with E-state index in [2.05, 4.69) is 25.6 Å². The minimum atomic E-state index is 0.489. The molecular weight excluding hydrogens is 280 g/mol. The van der Waals surface area contributed by atoms with Gasteiger partial charge in [-0.2, -0.15) is 0 Å². The Morgan fingerprint density at radius 1 is 1.26 bits per heavy atom. The van der Waals surface area contributed by atoms with Crippen LogP contribution in [0, 0.1) is 13.8 Å². The Labute approximate surface area is 119 Å². The first kappa shape index (κ1) is 12.8. The highest BCUT2D eigenvalue weighted by atomic mass is 32.2. The minimum absolute atomic E-state index is 0.489. The third kappa shape index (κ3) is 2.70. The molecule has 3 N–H and O–H groups in total. The summed E-state index contributed by atoms with van der Waals surface area (Å²) in [5.41, 5.74) is 3.60. The molecule has 1 aliphatic carbocycles. The second kappa shape index (κ2) is 5.03. The number of hydrazine groups is 1. The van der Waals surface area contributed by atoms with Gasteiger partial charge in [-0.05, 0) is 38.5 Å². The molecule has 2 aromatic rings. The molecule has 0 bridgehead atoms. The average molecular weight is 294 g/mol. The standard InChI is InChI=1S/C11H14N6S2/c1-5-8(15-12)13-9(7-3-4-7)14-10(5)19-11-17-16-6(2)18-11/h7H,3-4,12H2,1-2H3,(H,13,14,15). The maximum atomic E-state index is 5.53. The van der Waals surface area contributed by atoms with Crippen molar-refractivity contribution in [3.05, 3.63) is 16.4 Å². The molecule has 1 aliphatic rings. The van der Waals surface area contributed by atoms with Gasteiger partial charge in [0.05, 0.1) is 0 Å². The van der Waals surface area contributed by atoms with Gasteiger partial charge >= 0.3 is 0 Å². The summed E-state index contributed by atoms with van der Waals surface area (Å²) in [6.45, 7) is 3.90. The van der Waals surface area contributed by atoms with Crippen LogP contribution in [-0.2, 0) is 0 Å². The van der Waals surface area contributed by atoms with Gasteiger partial charge in [-0.1, -0.05) is 11.3 Å². The number of anilines is 1. The molecule has 2 aromatic heterocycles. The number of nitrogen functional groups attached to an aromatic ring is 1. The molecular formula is C11H14N6S2. The largest absolute Gasteiger partial charge is 0.308 e. The first-order valence-corrected chi connectivity index (χ1v) is 7.63. The van der Waals surface area contributed by atoms with Gasteiger partial charge in [-0.25, -0.2) is 15.8 Å². The molecule has 100 valence electrons. The number of hydrogen-bond acceptors (Lipinski definition) is 8. The number of nitrogens with two attached hydrogens (primary N) is 1. The second-order valence-electron chi connectivity index (χ2n) is 4.47. The zero-order valence-corrected chi connectivity index (χ0v) is 12.3. The number of hydrogen-bond donors (Lipinski definition) is 2. The lowest BCUT2D eigenvalue weighted by atomic mass is 10.3. The van der Waals surface area contributed by atoms with E-state index in [1.165, 1.54) is 11.8 Å². The monoisotopic (exact) mass is 294 g/mol. The predicted octanol–water partition coefficient (Wildman–Crippen LogP) is 2.26. The lowest BCUT2D eigenvalue weighted by molar-refractivity contribution is 0.860. The lowest BCUT2D eigenvalue weighted by Gasteiger charge is -2.10. The van der Waals surface area contributed by atoms with Crippen LogP contribution in [0.1, 0.15) is 35.2 Å². The number of aryl methyl sites for hydroxylation is 1. The maximum absolute atomic E-state index is 5.53. The van der Waals surface area contributed by atoms with Gasteiger partial charge in [-0.3, -0.25) is 0 Å². The molecule has 0 atom stereocenters. The van der Waals surface area contributed by atoms with Crippen LogP contribution in [0.25, 0.3) is 0 Å². The van der Waals surface area contributed by atoms with Crippen molar-refractivity contribution in [3.63, 3.8) is 0 Å². The first-order valence-electron chi connectivity index (χ1n) is 6.00. The van der Waals surface area contributed by atoms with Crippen molar-refractivity contribution in [2.75, 3.05) is 5.43 Å². The van der Waals surface area contributed by atoms with Gasteiger partial charge in [0.1, 0.15) is 21.7 Å². The SMILES string of the molecule is Cc1nnc(Sc2nc(C3CC3)nc(NN)c2C)s1. The third-order valence-corrected chi connectivity index (χ3v) is 4.87. The van der Waals surface area contributed by atoms with Gasteiger partial charge in [0, 0.05) is 11.5 Å². The van der Waals surface area contributed by atoms with Crippen LogP contribution >= 0.6 is 23.1 Å². The van der Waals surface area contributed by atoms with Gasteiger partial charge in [0.25, 0.3) is 0 Å². The van der Waals surface area contributed by atoms with Crippen molar-refractivity contribution in [2.24, 2.45) is 5.84 Å². The Balaban J connectivity index is 1.96. The summed E-state index contributed by atoms with van der Waals surface area (Å²) in [6.07, 6.45) is 2.32. The van der Waals surface area contributed by atoms with Crippen LogP contribution in [0.2, 0.25) is 0 Å². The van der Waals surface area contributed by atoms with Crippen molar-refractivity contribution in [1.29, 1.82) is 0 Å². The zero-order valence-electron chi connectivity index (χ0n) is 10.7. The fraction of sp³-hybridized carbons (Fsp3) is 0.455. The molecule has 0 unspecified atom stereocenters.